The first kappa shape index (κ1) is 24.5. The molecule has 2 aliphatic carbocycles. The highest BCUT2D eigenvalue weighted by Crippen LogP contribution is 2.41. The van der Waals surface area contributed by atoms with Crippen LogP contribution < -0.4 is 4.74 Å². The largest absolute Gasteiger partial charge is 0.490 e. The smallest absolute Gasteiger partial charge is 0.200 e. The van der Waals surface area contributed by atoms with Gasteiger partial charge in [-0.15, -0.1) is 0 Å². The van der Waals surface area contributed by atoms with Gasteiger partial charge in [0, 0.05) is 0 Å². The summed E-state index contributed by atoms with van der Waals surface area (Å²) in [5.74, 6) is 1.44. The molecule has 0 aliphatic heterocycles. The van der Waals surface area contributed by atoms with Crippen LogP contribution in [-0.4, -0.2) is 6.61 Å². The van der Waals surface area contributed by atoms with E-state index in [-0.39, 0.29) is 11.7 Å². The van der Waals surface area contributed by atoms with Crippen molar-refractivity contribution in [3.8, 4) is 5.75 Å². The summed E-state index contributed by atoms with van der Waals surface area (Å²) in [6.45, 7) is 4.79. The molecule has 2 saturated carbocycles. The maximum Gasteiger partial charge on any atom is 0.200 e. The van der Waals surface area contributed by atoms with Crippen molar-refractivity contribution in [2.24, 2.45) is 17.8 Å². The molecule has 0 heterocycles. The highest BCUT2D eigenvalue weighted by atomic mass is 19.2. The molecule has 0 bridgehead atoms. The zero-order chi connectivity index (χ0) is 22.1. The Morgan fingerprint density at radius 3 is 1.84 bits per heavy atom. The zero-order valence-electron chi connectivity index (χ0n) is 19.9. The van der Waals surface area contributed by atoms with Gasteiger partial charge in [0.2, 0.25) is 5.82 Å². The summed E-state index contributed by atoms with van der Waals surface area (Å²) in [7, 11) is 0. The lowest BCUT2D eigenvalue weighted by molar-refractivity contribution is 0.222. The number of rotatable bonds is 11. The molecule has 3 rings (SSSR count). The Kier molecular flexibility index (Phi) is 10.1. The van der Waals surface area contributed by atoms with Gasteiger partial charge in [0.1, 0.15) is 0 Å². The summed E-state index contributed by atoms with van der Waals surface area (Å²) >= 11 is 0. The lowest BCUT2D eigenvalue weighted by atomic mass is 9.74. The van der Waals surface area contributed by atoms with Crippen LogP contribution in [0.5, 0.6) is 5.75 Å². The summed E-state index contributed by atoms with van der Waals surface area (Å²) in [6.07, 6.45) is 18.8. The van der Waals surface area contributed by atoms with E-state index in [0.29, 0.717) is 12.2 Å². The van der Waals surface area contributed by atoms with E-state index >= 15 is 0 Å². The fourth-order valence-electron chi connectivity index (χ4n) is 5.84. The SMILES string of the molecule is CCCCOc1ccc(C2CCC(CCC3CCC(CCCC)CC3)CC2)c(F)c1F. The van der Waals surface area contributed by atoms with Crippen molar-refractivity contribution in [1.82, 2.24) is 0 Å². The maximum atomic E-state index is 14.7. The van der Waals surface area contributed by atoms with E-state index in [4.69, 9.17) is 4.74 Å². The minimum Gasteiger partial charge on any atom is -0.490 e. The third-order valence-corrected chi connectivity index (χ3v) is 8.03. The molecule has 0 amide bonds. The highest BCUT2D eigenvalue weighted by molar-refractivity contribution is 5.33. The second-order valence-corrected chi connectivity index (χ2v) is 10.3. The molecule has 31 heavy (non-hydrogen) atoms. The lowest BCUT2D eigenvalue weighted by Gasteiger charge is -2.32. The average Bonchev–Trinajstić information content (AvgIpc) is 2.80. The summed E-state index contributed by atoms with van der Waals surface area (Å²) in [4.78, 5) is 0. The molecule has 0 N–H and O–H groups in total. The Morgan fingerprint density at radius 2 is 1.26 bits per heavy atom. The number of ether oxygens (including phenoxy) is 1. The Bertz CT molecular complexity index is 643. The third kappa shape index (κ3) is 7.19. The summed E-state index contributed by atoms with van der Waals surface area (Å²) < 4.78 is 34.6. The lowest BCUT2D eigenvalue weighted by Crippen LogP contribution is -2.18. The van der Waals surface area contributed by atoms with E-state index in [9.17, 15) is 8.78 Å². The highest BCUT2D eigenvalue weighted by Gasteiger charge is 2.28. The molecular weight excluding hydrogens is 390 g/mol. The monoisotopic (exact) mass is 434 g/mol. The van der Waals surface area contributed by atoms with Gasteiger partial charge >= 0.3 is 0 Å². The van der Waals surface area contributed by atoms with E-state index < -0.39 is 11.6 Å². The average molecular weight is 435 g/mol. The molecule has 0 atom stereocenters. The van der Waals surface area contributed by atoms with Crippen molar-refractivity contribution in [3.63, 3.8) is 0 Å². The van der Waals surface area contributed by atoms with Crippen molar-refractivity contribution in [2.75, 3.05) is 6.61 Å². The molecule has 1 nitrogen and oxygen atoms in total. The Labute approximate surface area is 189 Å². The van der Waals surface area contributed by atoms with Crippen molar-refractivity contribution in [1.29, 1.82) is 0 Å². The minimum absolute atomic E-state index is 0.0628. The van der Waals surface area contributed by atoms with Crippen LogP contribution in [0.2, 0.25) is 0 Å². The second kappa shape index (κ2) is 12.8. The van der Waals surface area contributed by atoms with E-state index in [1.807, 2.05) is 0 Å². The minimum atomic E-state index is -0.801. The summed E-state index contributed by atoms with van der Waals surface area (Å²) in [5.41, 5.74) is 0.559. The van der Waals surface area contributed by atoms with Crippen molar-refractivity contribution >= 4 is 0 Å². The van der Waals surface area contributed by atoms with Gasteiger partial charge in [-0.25, -0.2) is 4.39 Å². The molecule has 176 valence electrons. The predicted molar refractivity (Wildman–Crippen MR) is 126 cm³/mol. The van der Waals surface area contributed by atoms with E-state index in [1.165, 1.54) is 57.8 Å². The fourth-order valence-corrected chi connectivity index (χ4v) is 5.84. The van der Waals surface area contributed by atoms with Crippen LogP contribution in [-0.2, 0) is 0 Å². The fraction of sp³-hybridized carbons (Fsp3) is 0.786. The Morgan fingerprint density at radius 1 is 0.710 bits per heavy atom. The number of hydrogen-bond donors (Lipinski definition) is 0. The zero-order valence-corrected chi connectivity index (χ0v) is 19.9. The van der Waals surface area contributed by atoms with Gasteiger partial charge in [0.25, 0.3) is 0 Å². The van der Waals surface area contributed by atoms with Crippen LogP contribution in [0.15, 0.2) is 12.1 Å². The molecule has 0 spiro atoms. The maximum absolute atomic E-state index is 14.7. The van der Waals surface area contributed by atoms with E-state index in [2.05, 4.69) is 13.8 Å². The second-order valence-electron chi connectivity index (χ2n) is 10.3. The van der Waals surface area contributed by atoms with Crippen LogP contribution in [0.25, 0.3) is 0 Å². The van der Waals surface area contributed by atoms with Crippen LogP contribution in [0.3, 0.4) is 0 Å². The summed E-state index contributed by atoms with van der Waals surface area (Å²) in [6, 6.07) is 3.40. The molecule has 2 fully saturated rings. The molecule has 0 saturated heterocycles. The quantitative estimate of drug-likeness (QED) is 0.315. The third-order valence-electron chi connectivity index (χ3n) is 8.03. The summed E-state index contributed by atoms with van der Waals surface area (Å²) in [5, 5.41) is 0. The standard InChI is InChI=1S/C28H44F2O/c1-3-5-7-21-8-10-22(11-9-21)12-13-23-14-16-24(17-15-23)25-18-19-26(28(30)27(25)29)31-20-6-4-2/h18-19,21-24H,3-17,20H2,1-2H3. The molecule has 0 unspecified atom stereocenters. The first-order valence-electron chi connectivity index (χ1n) is 13.2. The molecular formula is C28H44F2O. The number of benzene rings is 1. The Hall–Kier alpha value is -1.12. The van der Waals surface area contributed by atoms with Crippen molar-refractivity contribution in [2.45, 2.75) is 116 Å². The van der Waals surface area contributed by atoms with Crippen LogP contribution >= 0.6 is 0 Å². The van der Waals surface area contributed by atoms with Crippen molar-refractivity contribution in [3.05, 3.63) is 29.3 Å². The molecule has 1 aromatic rings. The number of unbranched alkanes of at least 4 members (excludes halogenated alkanes) is 2. The van der Waals surface area contributed by atoms with Crippen LogP contribution in [0, 0.1) is 29.4 Å². The first-order valence-corrected chi connectivity index (χ1v) is 13.2. The van der Waals surface area contributed by atoms with Gasteiger partial charge in [0.05, 0.1) is 6.61 Å². The van der Waals surface area contributed by atoms with Gasteiger partial charge in [-0.2, -0.15) is 4.39 Å². The predicted octanol–water partition coefficient (Wildman–Crippen LogP) is 9.19. The molecule has 1 aromatic carbocycles. The van der Waals surface area contributed by atoms with E-state index in [1.54, 1.807) is 12.1 Å². The van der Waals surface area contributed by atoms with Gasteiger partial charge < -0.3 is 4.74 Å². The van der Waals surface area contributed by atoms with Crippen LogP contribution in [0.4, 0.5) is 8.78 Å². The number of hydrogen-bond acceptors (Lipinski definition) is 1. The number of halogens is 2. The normalized spacial score (nSPS) is 26.7. The van der Waals surface area contributed by atoms with Crippen LogP contribution in [0.1, 0.15) is 122 Å². The first-order chi connectivity index (χ1) is 15.1. The Balaban J connectivity index is 1.40. The van der Waals surface area contributed by atoms with Crippen molar-refractivity contribution < 1.29 is 13.5 Å². The molecule has 0 radical (unpaired) electrons. The molecule has 0 aromatic heterocycles. The van der Waals surface area contributed by atoms with Gasteiger partial charge in [-0.05, 0) is 67.4 Å². The van der Waals surface area contributed by atoms with Gasteiger partial charge in [0.15, 0.2) is 11.6 Å². The van der Waals surface area contributed by atoms with Gasteiger partial charge in [-0.3, -0.25) is 0 Å². The molecule has 2 aliphatic rings. The van der Waals surface area contributed by atoms with E-state index in [0.717, 1.165) is 56.3 Å². The van der Waals surface area contributed by atoms with Gasteiger partial charge in [-0.1, -0.05) is 84.1 Å². The molecule has 3 heteroatoms. The topological polar surface area (TPSA) is 9.23 Å².